The minimum absolute atomic E-state index is 0.0832. The van der Waals surface area contributed by atoms with E-state index in [2.05, 4.69) is 47.2 Å². The summed E-state index contributed by atoms with van der Waals surface area (Å²) in [6.45, 7) is 4.13. The zero-order chi connectivity index (χ0) is 14.0. The van der Waals surface area contributed by atoms with Crippen molar-refractivity contribution < 1.29 is 0 Å². The van der Waals surface area contributed by atoms with Crippen LogP contribution in [0.1, 0.15) is 24.1 Å². The fourth-order valence-corrected chi connectivity index (χ4v) is 3.06. The van der Waals surface area contributed by atoms with Crippen LogP contribution in [0.4, 0.5) is 5.69 Å². The van der Waals surface area contributed by atoms with E-state index in [0.717, 1.165) is 20.7 Å². The van der Waals surface area contributed by atoms with Crippen molar-refractivity contribution in [1.29, 1.82) is 0 Å². The summed E-state index contributed by atoms with van der Waals surface area (Å²) >= 11 is 15.7. The van der Waals surface area contributed by atoms with Crippen LogP contribution in [0.2, 0.25) is 10.0 Å². The van der Waals surface area contributed by atoms with E-state index < -0.39 is 0 Å². The molecule has 0 heterocycles. The zero-order valence-electron chi connectivity index (χ0n) is 10.7. The summed E-state index contributed by atoms with van der Waals surface area (Å²) in [7, 11) is 0. The first kappa shape index (κ1) is 14.7. The average Bonchev–Trinajstić information content (AvgIpc) is 2.30. The molecule has 0 bridgehead atoms. The van der Waals surface area contributed by atoms with E-state index in [4.69, 9.17) is 23.2 Å². The van der Waals surface area contributed by atoms with Gasteiger partial charge in [0.15, 0.2) is 0 Å². The molecule has 0 saturated heterocycles. The lowest BCUT2D eigenvalue weighted by molar-refractivity contribution is 0.884. The molecule has 100 valence electrons. The molecule has 1 N–H and O–H groups in total. The molecule has 1 unspecified atom stereocenters. The molecule has 2 aromatic carbocycles. The van der Waals surface area contributed by atoms with E-state index in [-0.39, 0.29) is 6.04 Å². The molecule has 0 aliphatic heterocycles. The van der Waals surface area contributed by atoms with Gasteiger partial charge < -0.3 is 5.32 Å². The maximum Gasteiger partial charge on any atom is 0.0500 e. The molecule has 0 spiro atoms. The Balaban J connectivity index is 2.25. The molecule has 19 heavy (non-hydrogen) atoms. The van der Waals surface area contributed by atoms with Crippen LogP contribution in [0.25, 0.3) is 0 Å². The van der Waals surface area contributed by atoms with Gasteiger partial charge >= 0.3 is 0 Å². The Morgan fingerprint density at radius 3 is 2.53 bits per heavy atom. The van der Waals surface area contributed by atoms with Crippen LogP contribution < -0.4 is 5.32 Å². The van der Waals surface area contributed by atoms with Crippen LogP contribution in [-0.4, -0.2) is 0 Å². The van der Waals surface area contributed by atoms with E-state index >= 15 is 0 Å². The second kappa shape index (κ2) is 6.17. The van der Waals surface area contributed by atoms with Crippen molar-refractivity contribution in [2.45, 2.75) is 19.9 Å². The molecule has 0 amide bonds. The van der Waals surface area contributed by atoms with E-state index in [1.165, 1.54) is 5.56 Å². The summed E-state index contributed by atoms with van der Waals surface area (Å²) in [4.78, 5) is 0. The quantitative estimate of drug-likeness (QED) is 0.684. The minimum Gasteiger partial charge on any atom is -0.378 e. The van der Waals surface area contributed by atoms with Gasteiger partial charge in [0.1, 0.15) is 0 Å². The lowest BCUT2D eigenvalue weighted by Gasteiger charge is -2.18. The Hall–Kier alpha value is -0.700. The molecule has 0 aliphatic rings. The van der Waals surface area contributed by atoms with Crippen LogP contribution in [0.3, 0.4) is 0 Å². The summed E-state index contributed by atoms with van der Waals surface area (Å²) < 4.78 is 1.05. The molecule has 1 atom stereocenters. The number of rotatable bonds is 3. The number of nitrogens with one attached hydrogen (secondary N) is 1. The van der Waals surface area contributed by atoms with Gasteiger partial charge in [0, 0.05) is 20.2 Å². The van der Waals surface area contributed by atoms with Crippen molar-refractivity contribution in [3.8, 4) is 0 Å². The summed E-state index contributed by atoms with van der Waals surface area (Å²) in [5, 5.41) is 4.85. The molecular weight excluding hydrogens is 345 g/mol. The Morgan fingerprint density at radius 2 is 1.84 bits per heavy atom. The van der Waals surface area contributed by atoms with Crippen molar-refractivity contribution >= 4 is 44.8 Å². The highest BCUT2D eigenvalue weighted by molar-refractivity contribution is 9.10. The van der Waals surface area contributed by atoms with Gasteiger partial charge in [0.05, 0.1) is 6.04 Å². The van der Waals surface area contributed by atoms with Gasteiger partial charge in [-0.1, -0.05) is 39.1 Å². The van der Waals surface area contributed by atoms with Gasteiger partial charge in [0.2, 0.25) is 0 Å². The molecule has 0 aromatic heterocycles. The van der Waals surface area contributed by atoms with Gasteiger partial charge in [-0.2, -0.15) is 0 Å². The molecule has 2 aromatic rings. The van der Waals surface area contributed by atoms with Gasteiger partial charge in [-0.3, -0.25) is 0 Å². The van der Waals surface area contributed by atoms with Crippen LogP contribution >= 0.6 is 39.1 Å². The summed E-state index contributed by atoms with van der Waals surface area (Å²) in [5.74, 6) is 0. The number of benzene rings is 2. The second-order valence-corrected chi connectivity index (χ2v) is 6.31. The van der Waals surface area contributed by atoms with Crippen molar-refractivity contribution in [3.05, 3.63) is 62.0 Å². The lowest BCUT2D eigenvalue weighted by atomic mass is 10.1. The predicted octanol–water partition coefficient (Wildman–Crippen LogP) is 6.24. The van der Waals surface area contributed by atoms with Crippen LogP contribution in [-0.2, 0) is 0 Å². The van der Waals surface area contributed by atoms with E-state index in [9.17, 15) is 0 Å². The highest BCUT2D eigenvalue weighted by Crippen LogP contribution is 2.29. The summed E-state index contributed by atoms with van der Waals surface area (Å²) in [6.07, 6.45) is 0. The molecule has 0 aliphatic carbocycles. The fraction of sp³-hybridized carbons (Fsp3) is 0.200. The Kier molecular flexibility index (Phi) is 4.77. The van der Waals surface area contributed by atoms with E-state index in [1.807, 2.05) is 18.2 Å². The third-order valence-corrected chi connectivity index (χ3v) is 3.89. The van der Waals surface area contributed by atoms with Crippen LogP contribution in [0.15, 0.2) is 40.9 Å². The number of aryl methyl sites for hydroxylation is 1. The molecule has 1 nitrogen and oxygen atoms in total. The molecular formula is C15H14BrCl2N. The Morgan fingerprint density at radius 1 is 1.11 bits per heavy atom. The average molecular weight is 359 g/mol. The van der Waals surface area contributed by atoms with E-state index in [1.54, 1.807) is 6.07 Å². The fourth-order valence-electron chi connectivity index (χ4n) is 1.99. The number of halogens is 3. The SMILES string of the molecule is Cc1cc(Br)cc(NC(C)c2cc(Cl)ccc2Cl)c1. The maximum atomic E-state index is 6.21. The monoisotopic (exact) mass is 357 g/mol. The van der Waals surface area contributed by atoms with Gasteiger partial charge in [0.25, 0.3) is 0 Å². The largest absolute Gasteiger partial charge is 0.378 e. The van der Waals surface area contributed by atoms with Gasteiger partial charge in [-0.05, 0) is 61.4 Å². The van der Waals surface area contributed by atoms with Crippen molar-refractivity contribution in [3.63, 3.8) is 0 Å². The third kappa shape index (κ3) is 3.88. The Labute approximate surface area is 132 Å². The standard InChI is InChI=1S/C15H14BrCl2N/c1-9-5-11(16)7-13(6-9)19-10(2)14-8-12(17)3-4-15(14)18/h3-8,10,19H,1-2H3. The number of hydrogen-bond acceptors (Lipinski definition) is 1. The summed E-state index contributed by atoms with van der Waals surface area (Å²) in [5.41, 5.74) is 3.24. The summed E-state index contributed by atoms with van der Waals surface area (Å²) in [6, 6.07) is 11.8. The topological polar surface area (TPSA) is 12.0 Å². The Bertz CT molecular complexity index is 578. The minimum atomic E-state index is 0.0832. The smallest absolute Gasteiger partial charge is 0.0500 e. The first-order chi connectivity index (χ1) is 8.95. The maximum absolute atomic E-state index is 6.21. The molecule has 0 radical (unpaired) electrons. The highest BCUT2D eigenvalue weighted by Gasteiger charge is 2.10. The van der Waals surface area contributed by atoms with E-state index in [0.29, 0.717) is 5.02 Å². The molecule has 0 saturated carbocycles. The van der Waals surface area contributed by atoms with Crippen LogP contribution in [0, 0.1) is 6.92 Å². The number of hydrogen-bond donors (Lipinski definition) is 1. The normalized spacial score (nSPS) is 12.3. The molecule has 2 rings (SSSR count). The van der Waals surface area contributed by atoms with Crippen molar-refractivity contribution in [1.82, 2.24) is 0 Å². The van der Waals surface area contributed by atoms with Crippen LogP contribution in [0.5, 0.6) is 0 Å². The first-order valence-electron chi connectivity index (χ1n) is 5.94. The highest BCUT2D eigenvalue weighted by atomic mass is 79.9. The zero-order valence-corrected chi connectivity index (χ0v) is 13.8. The molecule has 4 heteroatoms. The second-order valence-electron chi connectivity index (χ2n) is 4.55. The van der Waals surface area contributed by atoms with Crippen molar-refractivity contribution in [2.24, 2.45) is 0 Å². The third-order valence-electron chi connectivity index (χ3n) is 2.85. The first-order valence-corrected chi connectivity index (χ1v) is 7.49. The number of anilines is 1. The van der Waals surface area contributed by atoms with Gasteiger partial charge in [-0.25, -0.2) is 0 Å². The van der Waals surface area contributed by atoms with Crippen molar-refractivity contribution in [2.75, 3.05) is 5.32 Å². The van der Waals surface area contributed by atoms with Gasteiger partial charge in [-0.15, -0.1) is 0 Å². The predicted molar refractivity (Wildman–Crippen MR) is 87.4 cm³/mol. The lowest BCUT2D eigenvalue weighted by Crippen LogP contribution is -2.07. The molecule has 0 fully saturated rings.